The average Bonchev–Trinajstić information content (AvgIpc) is 2.70. The van der Waals surface area contributed by atoms with Gasteiger partial charge in [-0.3, -0.25) is 4.79 Å². The van der Waals surface area contributed by atoms with E-state index in [1.165, 1.54) is 22.9 Å². The van der Waals surface area contributed by atoms with Crippen LogP contribution in [-0.2, 0) is 19.6 Å². The van der Waals surface area contributed by atoms with Gasteiger partial charge in [0.2, 0.25) is 10.0 Å². The van der Waals surface area contributed by atoms with Crippen LogP contribution in [0.3, 0.4) is 0 Å². The molecule has 1 N–H and O–H groups in total. The van der Waals surface area contributed by atoms with Gasteiger partial charge >= 0.3 is 0 Å². The molecule has 1 saturated heterocycles. The fourth-order valence-corrected chi connectivity index (χ4v) is 5.12. The second kappa shape index (κ2) is 9.24. The molecule has 0 bridgehead atoms. The van der Waals surface area contributed by atoms with Crippen molar-refractivity contribution in [1.82, 2.24) is 9.62 Å². The molecule has 8 heteroatoms. The average molecular weight is 411 g/mol. The van der Waals surface area contributed by atoms with Gasteiger partial charge in [-0.25, -0.2) is 8.42 Å². The van der Waals surface area contributed by atoms with Crippen molar-refractivity contribution < 1.29 is 22.7 Å². The third-order valence-electron chi connectivity index (χ3n) is 5.55. The van der Waals surface area contributed by atoms with E-state index in [-0.39, 0.29) is 16.8 Å². The molecule has 2 aliphatic rings. The largest absolute Gasteiger partial charge is 0.481 e. The molecule has 1 aromatic carbocycles. The number of hydrogen-bond donors (Lipinski definition) is 1. The second-order valence-corrected chi connectivity index (χ2v) is 9.56. The molecular formula is C20H30N2O5S. The minimum Gasteiger partial charge on any atom is -0.481 e. The molecule has 1 aliphatic carbocycles. The van der Waals surface area contributed by atoms with Crippen LogP contribution in [0.1, 0.15) is 39.5 Å². The van der Waals surface area contributed by atoms with E-state index in [9.17, 15) is 13.2 Å². The molecule has 0 radical (unpaired) electrons. The van der Waals surface area contributed by atoms with Gasteiger partial charge in [0.1, 0.15) is 5.75 Å². The Morgan fingerprint density at radius 1 is 1.18 bits per heavy atom. The van der Waals surface area contributed by atoms with Crippen LogP contribution >= 0.6 is 0 Å². The van der Waals surface area contributed by atoms with Gasteiger partial charge in [-0.15, -0.1) is 0 Å². The monoisotopic (exact) mass is 410 g/mol. The lowest BCUT2D eigenvalue weighted by atomic mass is 9.86. The highest BCUT2D eigenvalue weighted by molar-refractivity contribution is 7.89. The number of hydrogen-bond acceptors (Lipinski definition) is 5. The standard InChI is InChI=1S/C20H30N2O5S/c1-15-5-3-4-6-19(15)21-20(23)16(2)27-17-7-9-18(10-8-17)28(24,25)22-11-13-26-14-12-22/h7-10,15-16,19H,3-6,11-14H2,1-2H3,(H,21,23)/t15-,16-,19-/m1/s1. The molecule has 1 aliphatic heterocycles. The molecule has 3 rings (SSSR count). The van der Waals surface area contributed by atoms with Crippen LogP contribution < -0.4 is 10.1 Å². The highest BCUT2D eigenvalue weighted by atomic mass is 32.2. The van der Waals surface area contributed by atoms with Crippen LogP contribution in [0.15, 0.2) is 29.2 Å². The van der Waals surface area contributed by atoms with E-state index in [1.807, 2.05) is 0 Å². The Balaban J connectivity index is 1.58. The lowest BCUT2D eigenvalue weighted by Gasteiger charge is -2.30. The normalized spacial score (nSPS) is 25.1. The summed E-state index contributed by atoms with van der Waals surface area (Å²) in [6.45, 7) is 5.42. The lowest BCUT2D eigenvalue weighted by Crippen LogP contribution is -2.46. The molecule has 1 saturated carbocycles. The maximum absolute atomic E-state index is 12.6. The van der Waals surface area contributed by atoms with Gasteiger partial charge in [-0.05, 0) is 49.9 Å². The van der Waals surface area contributed by atoms with Crippen molar-refractivity contribution in [2.45, 2.75) is 56.6 Å². The lowest BCUT2D eigenvalue weighted by molar-refractivity contribution is -0.128. The van der Waals surface area contributed by atoms with E-state index in [4.69, 9.17) is 9.47 Å². The highest BCUT2D eigenvalue weighted by Gasteiger charge is 2.27. The smallest absolute Gasteiger partial charge is 0.261 e. The number of morpholine rings is 1. The number of nitrogens with one attached hydrogen (secondary N) is 1. The molecule has 0 spiro atoms. The fraction of sp³-hybridized carbons (Fsp3) is 0.650. The zero-order chi connectivity index (χ0) is 20.1. The van der Waals surface area contributed by atoms with E-state index in [2.05, 4.69) is 12.2 Å². The number of nitrogens with zero attached hydrogens (tertiary/aromatic N) is 1. The third-order valence-corrected chi connectivity index (χ3v) is 7.47. The molecule has 28 heavy (non-hydrogen) atoms. The zero-order valence-electron chi connectivity index (χ0n) is 16.6. The van der Waals surface area contributed by atoms with Crippen molar-refractivity contribution >= 4 is 15.9 Å². The molecule has 7 nitrogen and oxygen atoms in total. The van der Waals surface area contributed by atoms with Crippen LogP contribution in [0.2, 0.25) is 0 Å². The van der Waals surface area contributed by atoms with E-state index in [0.717, 1.165) is 19.3 Å². The number of carbonyl (C=O) groups excluding carboxylic acids is 1. The van der Waals surface area contributed by atoms with Gasteiger partial charge < -0.3 is 14.8 Å². The van der Waals surface area contributed by atoms with Crippen molar-refractivity contribution in [2.75, 3.05) is 26.3 Å². The van der Waals surface area contributed by atoms with E-state index < -0.39 is 16.1 Å². The van der Waals surface area contributed by atoms with Crippen molar-refractivity contribution in [2.24, 2.45) is 5.92 Å². The van der Waals surface area contributed by atoms with Crippen LogP contribution in [0.4, 0.5) is 0 Å². The highest BCUT2D eigenvalue weighted by Crippen LogP contribution is 2.24. The van der Waals surface area contributed by atoms with Crippen molar-refractivity contribution in [3.05, 3.63) is 24.3 Å². The first-order valence-corrected chi connectivity index (χ1v) is 11.5. The van der Waals surface area contributed by atoms with E-state index in [1.54, 1.807) is 19.1 Å². The predicted octanol–water partition coefficient (Wildman–Crippen LogP) is 2.17. The Bertz CT molecular complexity index is 759. The Hall–Kier alpha value is -1.64. The maximum atomic E-state index is 12.6. The number of sulfonamides is 1. The van der Waals surface area contributed by atoms with Gasteiger partial charge in [0.05, 0.1) is 18.1 Å². The van der Waals surface area contributed by atoms with Crippen molar-refractivity contribution in [3.8, 4) is 5.75 Å². The zero-order valence-corrected chi connectivity index (χ0v) is 17.4. The van der Waals surface area contributed by atoms with Crippen LogP contribution in [0.5, 0.6) is 5.75 Å². The quantitative estimate of drug-likeness (QED) is 0.777. The molecule has 2 fully saturated rings. The molecule has 156 valence electrons. The second-order valence-electron chi connectivity index (χ2n) is 7.62. The summed E-state index contributed by atoms with van der Waals surface area (Å²) in [4.78, 5) is 12.7. The van der Waals surface area contributed by atoms with Gasteiger partial charge in [-0.2, -0.15) is 4.31 Å². The number of amides is 1. The maximum Gasteiger partial charge on any atom is 0.261 e. The summed E-state index contributed by atoms with van der Waals surface area (Å²) < 4.78 is 37.7. The minimum absolute atomic E-state index is 0.135. The summed E-state index contributed by atoms with van der Waals surface area (Å²) in [5, 5.41) is 3.09. The van der Waals surface area contributed by atoms with Crippen molar-refractivity contribution in [1.29, 1.82) is 0 Å². The fourth-order valence-electron chi connectivity index (χ4n) is 3.71. The summed E-state index contributed by atoms with van der Waals surface area (Å²) >= 11 is 0. The van der Waals surface area contributed by atoms with Crippen LogP contribution in [-0.4, -0.2) is 57.1 Å². The molecule has 1 heterocycles. The Kier molecular flexibility index (Phi) is 6.95. The molecule has 1 amide bonds. The summed E-state index contributed by atoms with van der Waals surface area (Å²) in [7, 11) is -3.53. The predicted molar refractivity (Wildman–Crippen MR) is 106 cm³/mol. The van der Waals surface area contributed by atoms with Crippen LogP contribution in [0, 0.1) is 5.92 Å². The van der Waals surface area contributed by atoms with E-state index >= 15 is 0 Å². The number of rotatable bonds is 6. The molecule has 0 unspecified atom stereocenters. The number of benzene rings is 1. The SMILES string of the molecule is C[C@@H]1CCCC[C@H]1NC(=O)[C@@H](C)Oc1ccc(S(=O)(=O)N2CCOCC2)cc1. The molecular weight excluding hydrogens is 380 g/mol. The molecule has 3 atom stereocenters. The first kappa shape index (κ1) is 21.1. The van der Waals surface area contributed by atoms with Gasteiger partial charge in [0.15, 0.2) is 6.10 Å². The summed E-state index contributed by atoms with van der Waals surface area (Å²) in [5.74, 6) is 0.818. The molecule has 1 aromatic rings. The number of carbonyl (C=O) groups is 1. The van der Waals surface area contributed by atoms with Gasteiger partial charge in [0.25, 0.3) is 5.91 Å². The first-order chi connectivity index (χ1) is 13.4. The van der Waals surface area contributed by atoms with Gasteiger partial charge in [-0.1, -0.05) is 19.8 Å². The number of ether oxygens (including phenoxy) is 2. The van der Waals surface area contributed by atoms with Gasteiger partial charge in [0, 0.05) is 19.1 Å². The van der Waals surface area contributed by atoms with E-state index in [0.29, 0.717) is 38.0 Å². The summed E-state index contributed by atoms with van der Waals surface area (Å²) in [5.41, 5.74) is 0. The Morgan fingerprint density at radius 2 is 1.82 bits per heavy atom. The molecule has 0 aromatic heterocycles. The summed E-state index contributed by atoms with van der Waals surface area (Å²) in [6, 6.07) is 6.44. The topological polar surface area (TPSA) is 84.9 Å². The van der Waals surface area contributed by atoms with Crippen LogP contribution in [0.25, 0.3) is 0 Å². The summed E-state index contributed by atoms with van der Waals surface area (Å²) in [6.07, 6.45) is 3.87. The Labute approximate surface area is 167 Å². The first-order valence-electron chi connectivity index (χ1n) is 10.0. The Morgan fingerprint density at radius 3 is 2.46 bits per heavy atom. The third kappa shape index (κ3) is 5.04. The minimum atomic E-state index is -3.53. The van der Waals surface area contributed by atoms with Crippen molar-refractivity contribution in [3.63, 3.8) is 0 Å².